The van der Waals surface area contributed by atoms with Crippen molar-refractivity contribution in [2.24, 2.45) is 0 Å². The normalized spacial score (nSPS) is 15.5. The summed E-state index contributed by atoms with van der Waals surface area (Å²) in [5, 5.41) is 9.76. The zero-order valence-corrected chi connectivity index (χ0v) is 12.3. The van der Waals surface area contributed by atoms with Crippen LogP contribution in [0.25, 0.3) is 11.5 Å². The van der Waals surface area contributed by atoms with Crippen LogP contribution in [0.3, 0.4) is 0 Å². The van der Waals surface area contributed by atoms with E-state index in [0.29, 0.717) is 23.0 Å². The summed E-state index contributed by atoms with van der Waals surface area (Å²) >= 11 is 0. The number of aromatic nitrogens is 2. The van der Waals surface area contributed by atoms with Crippen molar-refractivity contribution < 1.29 is 14.1 Å². The van der Waals surface area contributed by atoms with Crippen molar-refractivity contribution in [1.29, 1.82) is 0 Å². The standard InChI is InChI=1S/C15H18N4O3/c1-10-17-14(22-19-10)12-4-2-3-5-13(12)18-15(20)21-11-6-8-16-9-7-11/h2-5,11,16H,6-9H2,1H3,(H,18,20). The van der Waals surface area contributed by atoms with E-state index in [1.165, 1.54) is 0 Å². The highest BCUT2D eigenvalue weighted by molar-refractivity contribution is 5.90. The summed E-state index contributed by atoms with van der Waals surface area (Å²) in [5.41, 5.74) is 1.26. The Labute approximate surface area is 128 Å². The van der Waals surface area contributed by atoms with Crippen molar-refractivity contribution in [2.75, 3.05) is 18.4 Å². The molecular weight excluding hydrogens is 284 g/mol. The molecule has 0 atom stereocenters. The molecule has 2 N–H and O–H groups in total. The number of carbonyl (C=O) groups is 1. The van der Waals surface area contributed by atoms with E-state index in [4.69, 9.17) is 9.26 Å². The van der Waals surface area contributed by atoms with E-state index in [0.717, 1.165) is 25.9 Å². The minimum atomic E-state index is -0.462. The number of nitrogens with one attached hydrogen (secondary N) is 2. The smallest absolute Gasteiger partial charge is 0.411 e. The van der Waals surface area contributed by atoms with Gasteiger partial charge in [0.1, 0.15) is 6.10 Å². The zero-order chi connectivity index (χ0) is 15.4. The van der Waals surface area contributed by atoms with Gasteiger partial charge < -0.3 is 14.6 Å². The third kappa shape index (κ3) is 3.43. The lowest BCUT2D eigenvalue weighted by atomic mass is 10.1. The number of aryl methyl sites for hydroxylation is 1. The summed E-state index contributed by atoms with van der Waals surface area (Å²) in [6, 6.07) is 7.26. The molecule has 0 unspecified atom stereocenters. The van der Waals surface area contributed by atoms with E-state index in [9.17, 15) is 4.79 Å². The molecule has 1 aromatic heterocycles. The lowest BCUT2D eigenvalue weighted by Crippen LogP contribution is -2.34. The lowest BCUT2D eigenvalue weighted by molar-refractivity contribution is 0.0909. The molecule has 1 aliphatic heterocycles. The molecule has 0 saturated carbocycles. The summed E-state index contributed by atoms with van der Waals surface area (Å²) in [6.45, 7) is 3.49. The fourth-order valence-electron chi connectivity index (χ4n) is 2.39. The molecular formula is C15H18N4O3. The number of rotatable bonds is 3. The largest absolute Gasteiger partial charge is 0.446 e. The van der Waals surface area contributed by atoms with Crippen LogP contribution < -0.4 is 10.6 Å². The van der Waals surface area contributed by atoms with Crippen LogP contribution in [-0.4, -0.2) is 35.4 Å². The molecule has 7 heteroatoms. The van der Waals surface area contributed by atoms with Gasteiger partial charge in [0.05, 0.1) is 11.3 Å². The molecule has 1 aromatic carbocycles. The number of amides is 1. The second-order valence-corrected chi connectivity index (χ2v) is 5.17. The number of hydrogen-bond acceptors (Lipinski definition) is 6. The number of nitrogens with zero attached hydrogens (tertiary/aromatic N) is 2. The number of hydrogen-bond donors (Lipinski definition) is 2. The Balaban J connectivity index is 1.70. The number of benzene rings is 1. The lowest BCUT2D eigenvalue weighted by Gasteiger charge is -2.22. The Morgan fingerprint density at radius 1 is 1.36 bits per heavy atom. The van der Waals surface area contributed by atoms with Gasteiger partial charge in [0.2, 0.25) is 0 Å². The molecule has 1 saturated heterocycles. The SMILES string of the molecule is Cc1noc(-c2ccccc2NC(=O)OC2CCNCC2)n1. The number of ether oxygens (including phenoxy) is 1. The first kappa shape index (κ1) is 14.5. The van der Waals surface area contributed by atoms with Gasteiger partial charge in [-0.3, -0.25) is 5.32 Å². The summed E-state index contributed by atoms with van der Waals surface area (Å²) in [4.78, 5) is 16.2. The van der Waals surface area contributed by atoms with Crippen molar-refractivity contribution in [3.05, 3.63) is 30.1 Å². The Bertz CT molecular complexity index is 650. The summed E-state index contributed by atoms with van der Waals surface area (Å²) in [5.74, 6) is 0.914. The molecule has 0 aliphatic carbocycles. The van der Waals surface area contributed by atoms with E-state index in [1.54, 1.807) is 13.0 Å². The van der Waals surface area contributed by atoms with E-state index in [-0.39, 0.29) is 6.10 Å². The topological polar surface area (TPSA) is 89.3 Å². The summed E-state index contributed by atoms with van der Waals surface area (Å²) < 4.78 is 10.6. The second kappa shape index (κ2) is 6.57. The maximum atomic E-state index is 12.0. The minimum Gasteiger partial charge on any atom is -0.446 e. The molecule has 22 heavy (non-hydrogen) atoms. The minimum absolute atomic E-state index is 0.0425. The molecule has 3 rings (SSSR count). The van der Waals surface area contributed by atoms with Gasteiger partial charge >= 0.3 is 6.09 Å². The third-order valence-corrected chi connectivity index (χ3v) is 3.48. The Morgan fingerprint density at radius 3 is 2.86 bits per heavy atom. The highest BCUT2D eigenvalue weighted by Gasteiger charge is 2.19. The van der Waals surface area contributed by atoms with Crippen molar-refractivity contribution >= 4 is 11.8 Å². The quantitative estimate of drug-likeness (QED) is 0.904. The van der Waals surface area contributed by atoms with Gasteiger partial charge in [-0.05, 0) is 45.0 Å². The molecule has 0 radical (unpaired) electrons. The molecule has 0 spiro atoms. The monoisotopic (exact) mass is 302 g/mol. The number of anilines is 1. The fraction of sp³-hybridized carbons (Fsp3) is 0.400. The predicted octanol–water partition coefficient (Wildman–Crippen LogP) is 2.35. The zero-order valence-electron chi connectivity index (χ0n) is 12.3. The third-order valence-electron chi connectivity index (χ3n) is 3.48. The first-order chi connectivity index (χ1) is 10.7. The van der Waals surface area contributed by atoms with Crippen LogP contribution in [-0.2, 0) is 4.74 Å². The van der Waals surface area contributed by atoms with E-state index in [2.05, 4.69) is 20.8 Å². The van der Waals surface area contributed by atoms with Crippen molar-refractivity contribution in [1.82, 2.24) is 15.5 Å². The molecule has 2 heterocycles. The van der Waals surface area contributed by atoms with Crippen LogP contribution in [0, 0.1) is 6.92 Å². The maximum Gasteiger partial charge on any atom is 0.411 e. The first-order valence-electron chi connectivity index (χ1n) is 7.30. The van der Waals surface area contributed by atoms with Crippen molar-refractivity contribution in [3.63, 3.8) is 0 Å². The molecule has 116 valence electrons. The van der Waals surface area contributed by atoms with E-state index < -0.39 is 6.09 Å². The van der Waals surface area contributed by atoms with Crippen LogP contribution in [0.2, 0.25) is 0 Å². The van der Waals surface area contributed by atoms with Crippen LogP contribution >= 0.6 is 0 Å². The Kier molecular flexibility index (Phi) is 4.34. The van der Waals surface area contributed by atoms with Crippen LogP contribution in [0.15, 0.2) is 28.8 Å². The number of para-hydroxylation sites is 1. The average molecular weight is 302 g/mol. The number of piperidine rings is 1. The Morgan fingerprint density at radius 2 is 2.14 bits per heavy atom. The van der Waals surface area contributed by atoms with Gasteiger partial charge in [0.15, 0.2) is 5.82 Å². The van der Waals surface area contributed by atoms with Crippen LogP contribution in [0.1, 0.15) is 18.7 Å². The van der Waals surface area contributed by atoms with Crippen molar-refractivity contribution in [3.8, 4) is 11.5 Å². The molecule has 1 aliphatic rings. The van der Waals surface area contributed by atoms with Gasteiger partial charge in [0, 0.05) is 0 Å². The highest BCUT2D eigenvalue weighted by atomic mass is 16.6. The van der Waals surface area contributed by atoms with E-state index in [1.807, 2.05) is 18.2 Å². The fourth-order valence-corrected chi connectivity index (χ4v) is 2.39. The summed E-state index contributed by atoms with van der Waals surface area (Å²) in [7, 11) is 0. The van der Waals surface area contributed by atoms with Gasteiger partial charge in [-0.25, -0.2) is 4.79 Å². The second-order valence-electron chi connectivity index (χ2n) is 5.17. The highest BCUT2D eigenvalue weighted by Crippen LogP contribution is 2.26. The van der Waals surface area contributed by atoms with E-state index >= 15 is 0 Å². The van der Waals surface area contributed by atoms with Gasteiger partial charge in [-0.2, -0.15) is 4.98 Å². The number of carbonyl (C=O) groups excluding carboxylic acids is 1. The predicted molar refractivity (Wildman–Crippen MR) is 80.5 cm³/mol. The maximum absolute atomic E-state index is 12.0. The first-order valence-corrected chi connectivity index (χ1v) is 7.30. The molecule has 0 bridgehead atoms. The summed E-state index contributed by atoms with van der Waals surface area (Å²) in [6.07, 6.45) is 1.16. The Hall–Kier alpha value is -2.41. The van der Waals surface area contributed by atoms with Crippen molar-refractivity contribution in [2.45, 2.75) is 25.9 Å². The molecule has 1 fully saturated rings. The van der Waals surface area contributed by atoms with Gasteiger partial charge in [-0.1, -0.05) is 17.3 Å². The molecule has 7 nitrogen and oxygen atoms in total. The molecule has 2 aromatic rings. The van der Waals surface area contributed by atoms with Crippen LogP contribution in [0.4, 0.5) is 10.5 Å². The molecule has 1 amide bonds. The van der Waals surface area contributed by atoms with Crippen LogP contribution in [0.5, 0.6) is 0 Å². The average Bonchev–Trinajstić information content (AvgIpc) is 2.95. The van der Waals surface area contributed by atoms with Gasteiger partial charge in [0.25, 0.3) is 5.89 Å². The van der Waals surface area contributed by atoms with Gasteiger partial charge in [-0.15, -0.1) is 0 Å².